The standard InChI is InChI=1S/C6H10N2O2S/c1-5-7-4-6(8(5)2)11(3,9)10/h4H,1-3H3. The van der Waals surface area contributed by atoms with Crippen molar-refractivity contribution in [2.75, 3.05) is 6.26 Å². The van der Waals surface area contributed by atoms with Crippen molar-refractivity contribution in [2.24, 2.45) is 7.05 Å². The van der Waals surface area contributed by atoms with Crippen LogP contribution in [-0.4, -0.2) is 24.2 Å². The second-order valence-electron chi connectivity index (χ2n) is 2.47. The Morgan fingerprint density at radius 1 is 1.55 bits per heavy atom. The molecule has 0 saturated carbocycles. The van der Waals surface area contributed by atoms with E-state index >= 15 is 0 Å². The molecule has 0 atom stereocenters. The lowest BCUT2D eigenvalue weighted by atomic mass is 10.7. The van der Waals surface area contributed by atoms with Crippen LogP contribution in [0, 0.1) is 6.92 Å². The van der Waals surface area contributed by atoms with E-state index in [1.165, 1.54) is 12.5 Å². The van der Waals surface area contributed by atoms with Gasteiger partial charge in [0.1, 0.15) is 5.82 Å². The Balaban J connectivity index is 3.38. The molecule has 0 bridgehead atoms. The Bertz CT molecular complexity index is 364. The molecule has 0 unspecified atom stereocenters. The molecule has 1 heterocycles. The summed E-state index contributed by atoms with van der Waals surface area (Å²) in [5, 5.41) is 0.259. The fraction of sp³-hybridized carbons (Fsp3) is 0.500. The van der Waals surface area contributed by atoms with Crippen LogP contribution < -0.4 is 0 Å². The van der Waals surface area contributed by atoms with Gasteiger partial charge in [0.25, 0.3) is 0 Å². The Hall–Kier alpha value is -0.840. The number of hydrogen-bond donors (Lipinski definition) is 0. The molecule has 5 heteroatoms. The third-order valence-corrected chi connectivity index (χ3v) is 2.70. The molecule has 0 aliphatic carbocycles. The van der Waals surface area contributed by atoms with Crippen molar-refractivity contribution in [2.45, 2.75) is 11.9 Å². The minimum Gasteiger partial charge on any atom is -0.323 e. The maximum Gasteiger partial charge on any atom is 0.192 e. The van der Waals surface area contributed by atoms with Crippen LogP contribution in [0.15, 0.2) is 11.2 Å². The first-order valence-electron chi connectivity index (χ1n) is 3.11. The molecule has 0 amide bonds. The van der Waals surface area contributed by atoms with Crippen molar-refractivity contribution in [3.8, 4) is 0 Å². The summed E-state index contributed by atoms with van der Waals surface area (Å²) in [6.07, 6.45) is 2.54. The molecule has 0 fully saturated rings. The van der Waals surface area contributed by atoms with Gasteiger partial charge < -0.3 is 4.57 Å². The van der Waals surface area contributed by atoms with E-state index in [1.807, 2.05) is 0 Å². The molecule has 1 rings (SSSR count). The lowest BCUT2D eigenvalue weighted by Crippen LogP contribution is -2.04. The fourth-order valence-corrected chi connectivity index (χ4v) is 1.70. The molecule has 0 aromatic carbocycles. The van der Waals surface area contributed by atoms with Gasteiger partial charge in [-0.25, -0.2) is 13.4 Å². The lowest BCUT2D eigenvalue weighted by molar-refractivity contribution is 0.590. The molecule has 0 aliphatic heterocycles. The van der Waals surface area contributed by atoms with Gasteiger partial charge in [-0.1, -0.05) is 0 Å². The van der Waals surface area contributed by atoms with Gasteiger partial charge >= 0.3 is 0 Å². The molecule has 0 spiro atoms. The predicted molar refractivity (Wildman–Crippen MR) is 41.1 cm³/mol. The van der Waals surface area contributed by atoms with Gasteiger partial charge in [0, 0.05) is 13.3 Å². The number of hydrogen-bond acceptors (Lipinski definition) is 3. The molecule has 0 saturated heterocycles. The first-order chi connectivity index (χ1) is 4.93. The minimum absolute atomic E-state index is 0.259. The third kappa shape index (κ3) is 1.42. The Morgan fingerprint density at radius 3 is 2.27 bits per heavy atom. The molecule has 1 aromatic heterocycles. The molecule has 0 N–H and O–H groups in total. The van der Waals surface area contributed by atoms with Gasteiger partial charge in [0.05, 0.1) is 6.20 Å². The number of imidazole rings is 1. The quantitative estimate of drug-likeness (QED) is 0.608. The van der Waals surface area contributed by atoms with Crippen LogP contribution >= 0.6 is 0 Å². The molecule has 0 radical (unpaired) electrons. The van der Waals surface area contributed by atoms with Gasteiger partial charge in [-0.05, 0) is 6.92 Å². The van der Waals surface area contributed by atoms with Gasteiger partial charge in [-0.15, -0.1) is 0 Å². The van der Waals surface area contributed by atoms with E-state index in [4.69, 9.17) is 0 Å². The first-order valence-corrected chi connectivity index (χ1v) is 5.00. The number of nitrogens with zero attached hydrogens (tertiary/aromatic N) is 2. The number of sulfone groups is 1. The molecule has 62 valence electrons. The van der Waals surface area contributed by atoms with Crippen molar-refractivity contribution in [1.29, 1.82) is 0 Å². The molecular weight excluding hydrogens is 164 g/mol. The van der Waals surface area contributed by atoms with Gasteiger partial charge in [-0.3, -0.25) is 0 Å². The second kappa shape index (κ2) is 2.34. The van der Waals surface area contributed by atoms with Gasteiger partial charge in [-0.2, -0.15) is 0 Å². The highest BCUT2D eigenvalue weighted by atomic mass is 32.2. The van der Waals surface area contributed by atoms with Crippen molar-refractivity contribution >= 4 is 9.84 Å². The van der Waals surface area contributed by atoms with Crippen molar-refractivity contribution in [1.82, 2.24) is 9.55 Å². The molecule has 0 aliphatic rings. The Morgan fingerprint density at radius 2 is 2.09 bits per heavy atom. The summed E-state index contributed by atoms with van der Waals surface area (Å²) in [6.45, 7) is 1.76. The zero-order valence-electron chi connectivity index (χ0n) is 6.70. The normalized spacial score (nSPS) is 11.9. The van der Waals surface area contributed by atoms with Crippen LogP contribution in [0.25, 0.3) is 0 Å². The molecule has 11 heavy (non-hydrogen) atoms. The fourth-order valence-electron chi connectivity index (χ4n) is 0.826. The maximum absolute atomic E-state index is 11.0. The summed E-state index contributed by atoms with van der Waals surface area (Å²) in [7, 11) is -1.43. The second-order valence-corrected chi connectivity index (χ2v) is 4.44. The van der Waals surface area contributed by atoms with Crippen LogP contribution in [0.2, 0.25) is 0 Å². The van der Waals surface area contributed by atoms with E-state index in [1.54, 1.807) is 18.5 Å². The topological polar surface area (TPSA) is 52.0 Å². The highest BCUT2D eigenvalue weighted by molar-refractivity contribution is 7.90. The highest BCUT2D eigenvalue weighted by Crippen LogP contribution is 2.08. The molecule has 4 nitrogen and oxygen atoms in total. The largest absolute Gasteiger partial charge is 0.323 e. The number of aromatic nitrogens is 2. The van der Waals surface area contributed by atoms with Crippen LogP contribution in [0.5, 0.6) is 0 Å². The zero-order chi connectivity index (χ0) is 8.65. The number of aryl methyl sites for hydroxylation is 1. The van der Waals surface area contributed by atoms with E-state index in [0.717, 1.165) is 0 Å². The van der Waals surface area contributed by atoms with E-state index in [0.29, 0.717) is 5.82 Å². The van der Waals surface area contributed by atoms with Crippen LogP contribution in [0.1, 0.15) is 5.82 Å². The van der Waals surface area contributed by atoms with E-state index in [9.17, 15) is 8.42 Å². The van der Waals surface area contributed by atoms with Crippen LogP contribution in [0.4, 0.5) is 0 Å². The summed E-state index contributed by atoms with van der Waals surface area (Å²) >= 11 is 0. The zero-order valence-corrected chi connectivity index (χ0v) is 7.51. The van der Waals surface area contributed by atoms with Crippen LogP contribution in [0.3, 0.4) is 0 Å². The SMILES string of the molecule is Cc1ncc(S(C)(=O)=O)n1C. The first kappa shape index (κ1) is 8.26. The van der Waals surface area contributed by atoms with Crippen molar-refractivity contribution in [3.05, 3.63) is 12.0 Å². The van der Waals surface area contributed by atoms with E-state index < -0.39 is 9.84 Å². The van der Waals surface area contributed by atoms with E-state index in [-0.39, 0.29) is 5.03 Å². The van der Waals surface area contributed by atoms with Gasteiger partial charge in [0.2, 0.25) is 0 Å². The predicted octanol–water partition coefficient (Wildman–Crippen LogP) is 0.132. The smallest absolute Gasteiger partial charge is 0.192 e. The van der Waals surface area contributed by atoms with Crippen molar-refractivity contribution in [3.63, 3.8) is 0 Å². The summed E-state index contributed by atoms with van der Waals surface area (Å²) in [6, 6.07) is 0. The number of rotatable bonds is 1. The van der Waals surface area contributed by atoms with Gasteiger partial charge in [0.15, 0.2) is 14.9 Å². The summed E-state index contributed by atoms with van der Waals surface area (Å²) < 4.78 is 23.6. The Kier molecular flexibility index (Phi) is 1.75. The van der Waals surface area contributed by atoms with Crippen molar-refractivity contribution < 1.29 is 8.42 Å². The summed E-state index contributed by atoms with van der Waals surface area (Å²) in [5.41, 5.74) is 0. The third-order valence-electron chi connectivity index (χ3n) is 1.56. The minimum atomic E-state index is -3.11. The maximum atomic E-state index is 11.0. The Labute approximate surface area is 65.8 Å². The lowest BCUT2D eigenvalue weighted by Gasteiger charge is -1.98. The average Bonchev–Trinajstić information content (AvgIpc) is 2.11. The summed E-state index contributed by atoms with van der Waals surface area (Å²) in [5.74, 6) is 0.699. The van der Waals surface area contributed by atoms with E-state index in [2.05, 4.69) is 4.98 Å². The van der Waals surface area contributed by atoms with Crippen LogP contribution in [-0.2, 0) is 16.9 Å². The highest BCUT2D eigenvalue weighted by Gasteiger charge is 2.12. The monoisotopic (exact) mass is 174 g/mol. The molecular formula is C6H10N2O2S. The summed E-state index contributed by atoms with van der Waals surface area (Å²) in [4.78, 5) is 3.87. The average molecular weight is 174 g/mol. The molecule has 1 aromatic rings.